The van der Waals surface area contributed by atoms with E-state index in [1.807, 2.05) is 0 Å². The zero-order valence-corrected chi connectivity index (χ0v) is 17.4. The van der Waals surface area contributed by atoms with Gasteiger partial charge in [-0.15, -0.1) is 0 Å². The third-order valence-corrected chi connectivity index (χ3v) is 6.98. The first-order valence-electron chi connectivity index (χ1n) is 9.60. The molecule has 0 bridgehead atoms. The summed E-state index contributed by atoms with van der Waals surface area (Å²) in [5, 5.41) is 13.0. The van der Waals surface area contributed by atoms with Gasteiger partial charge < -0.3 is 10.0 Å². The van der Waals surface area contributed by atoms with Gasteiger partial charge in [0.1, 0.15) is 0 Å². The Morgan fingerprint density at radius 1 is 1.04 bits per heavy atom. The molecule has 3 nitrogen and oxygen atoms in total. The molecular formula is C23H28N2OS. The van der Waals surface area contributed by atoms with Gasteiger partial charge in [-0.3, -0.25) is 4.99 Å². The van der Waals surface area contributed by atoms with Crippen molar-refractivity contribution in [3.05, 3.63) is 70.8 Å². The van der Waals surface area contributed by atoms with Gasteiger partial charge in [0.15, 0.2) is 10.9 Å². The van der Waals surface area contributed by atoms with Crippen LogP contribution in [0.1, 0.15) is 41.4 Å². The first-order valence-corrected chi connectivity index (χ1v) is 10.5. The van der Waals surface area contributed by atoms with Crippen LogP contribution >= 0.6 is 11.8 Å². The number of rotatable bonds is 3. The lowest BCUT2D eigenvalue weighted by Crippen LogP contribution is -2.55. The van der Waals surface area contributed by atoms with Crippen molar-refractivity contribution in [3.8, 4) is 0 Å². The monoisotopic (exact) mass is 380 g/mol. The van der Waals surface area contributed by atoms with Crippen LogP contribution in [0.2, 0.25) is 0 Å². The quantitative estimate of drug-likeness (QED) is 0.837. The van der Waals surface area contributed by atoms with E-state index in [0.717, 1.165) is 29.4 Å². The van der Waals surface area contributed by atoms with Crippen LogP contribution in [0.25, 0.3) is 0 Å². The molecule has 2 aromatic carbocycles. The molecule has 4 rings (SSSR count). The molecule has 2 unspecified atom stereocenters. The molecule has 142 valence electrons. The summed E-state index contributed by atoms with van der Waals surface area (Å²) in [6, 6.07) is 17.1. The van der Waals surface area contributed by atoms with E-state index >= 15 is 0 Å². The van der Waals surface area contributed by atoms with Gasteiger partial charge in [0.25, 0.3) is 0 Å². The number of aryl methyl sites for hydroxylation is 2. The fraction of sp³-hybridized carbons (Fsp3) is 0.435. The van der Waals surface area contributed by atoms with Gasteiger partial charge in [-0.2, -0.15) is 0 Å². The number of fused-ring (bicyclic) bond motifs is 1. The van der Waals surface area contributed by atoms with Crippen molar-refractivity contribution in [2.45, 2.75) is 45.1 Å². The van der Waals surface area contributed by atoms with Crippen LogP contribution in [-0.4, -0.2) is 34.0 Å². The number of aliphatic imine (C=N–C) groups is 1. The third-order valence-electron chi connectivity index (χ3n) is 5.53. The summed E-state index contributed by atoms with van der Waals surface area (Å²) in [6.07, 6.45) is 0.591. The molecule has 0 saturated carbocycles. The Morgan fingerprint density at radius 2 is 1.63 bits per heavy atom. The van der Waals surface area contributed by atoms with E-state index in [1.54, 1.807) is 11.8 Å². The average molecular weight is 381 g/mol. The maximum atomic E-state index is 12.0. The molecule has 2 atom stereocenters. The number of thioether (sulfide) groups is 1. The molecular weight excluding hydrogens is 352 g/mol. The summed E-state index contributed by atoms with van der Waals surface area (Å²) in [4.78, 5) is 6.99. The highest BCUT2D eigenvalue weighted by molar-refractivity contribution is 8.14. The van der Waals surface area contributed by atoms with Gasteiger partial charge in [0.05, 0.1) is 5.25 Å². The molecule has 0 radical (unpaired) electrons. The summed E-state index contributed by atoms with van der Waals surface area (Å²) in [7, 11) is 0. The zero-order valence-electron chi connectivity index (χ0n) is 16.6. The minimum Gasteiger partial charge on any atom is -0.369 e. The molecule has 1 fully saturated rings. The summed E-state index contributed by atoms with van der Waals surface area (Å²) in [5.74, 6) is 0. The van der Waals surface area contributed by atoms with Crippen molar-refractivity contribution < 1.29 is 5.11 Å². The van der Waals surface area contributed by atoms with Gasteiger partial charge in [-0.25, -0.2) is 0 Å². The van der Waals surface area contributed by atoms with E-state index in [4.69, 9.17) is 4.99 Å². The first kappa shape index (κ1) is 18.6. The van der Waals surface area contributed by atoms with Crippen molar-refractivity contribution in [1.82, 2.24) is 4.90 Å². The lowest BCUT2D eigenvalue weighted by atomic mass is 9.87. The number of amidine groups is 1. The summed E-state index contributed by atoms with van der Waals surface area (Å²) in [5.41, 5.74) is 3.88. The van der Waals surface area contributed by atoms with Crippen LogP contribution in [0.15, 0.2) is 53.5 Å². The van der Waals surface area contributed by atoms with E-state index in [-0.39, 0.29) is 10.7 Å². The Kier molecular flexibility index (Phi) is 4.59. The smallest absolute Gasteiger partial charge is 0.162 e. The minimum absolute atomic E-state index is 0.0490. The molecule has 0 aromatic heterocycles. The van der Waals surface area contributed by atoms with E-state index in [0.29, 0.717) is 6.42 Å². The highest BCUT2D eigenvalue weighted by atomic mass is 32.2. The second kappa shape index (κ2) is 6.68. The number of benzene rings is 2. The van der Waals surface area contributed by atoms with Crippen molar-refractivity contribution >= 4 is 16.9 Å². The Morgan fingerprint density at radius 3 is 2.26 bits per heavy atom. The molecule has 1 saturated heterocycles. The number of nitrogens with zero attached hydrogens (tertiary/aromatic N) is 2. The third kappa shape index (κ3) is 3.53. The fourth-order valence-electron chi connectivity index (χ4n) is 3.93. The van der Waals surface area contributed by atoms with Crippen LogP contribution in [0.3, 0.4) is 0 Å². The molecule has 1 N–H and O–H groups in total. The van der Waals surface area contributed by atoms with E-state index < -0.39 is 5.72 Å². The van der Waals surface area contributed by atoms with Crippen molar-refractivity contribution in [2.24, 2.45) is 10.4 Å². The topological polar surface area (TPSA) is 35.8 Å². The predicted molar refractivity (Wildman–Crippen MR) is 114 cm³/mol. The normalized spacial score (nSPS) is 26.6. The Bertz CT molecular complexity index is 857. The number of hydrogen-bond donors (Lipinski definition) is 1. The minimum atomic E-state index is -0.980. The zero-order chi connectivity index (χ0) is 19.2. The van der Waals surface area contributed by atoms with Crippen LogP contribution in [0.4, 0.5) is 0 Å². The number of hydrogen-bond acceptors (Lipinski definition) is 4. The SMILES string of the molecule is Cc1ccc(CC2(O)C(c3ccc(C)cc3)SC3=NCC(C)(C)CN32)cc1. The second-order valence-electron chi connectivity index (χ2n) is 8.80. The summed E-state index contributed by atoms with van der Waals surface area (Å²) >= 11 is 1.71. The molecule has 0 amide bonds. The Hall–Kier alpha value is -1.78. The lowest BCUT2D eigenvalue weighted by molar-refractivity contribution is -0.0781. The van der Waals surface area contributed by atoms with E-state index in [1.165, 1.54) is 11.1 Å². The largest absolute Gasteiger partial charge is 0.369 e. The lowest BCUT2D eigenvalue weighted by Gasteiger charge is -2.43. The molecule has 0 spiro atoms. The Balaban J connectivity index is 1.75. The van der Waals surface area contributed by atoms with E-state index in [2.05, 4.69) is 81.1 Å². The fourth-order valence-corrected chi connectivity index (χ4v) is 5.32. The second-order valence-corrected chi connectivity index (χ2v) is 9.87. The molecule has 4 heteroatoms. The molecule has 2 aliphatic rings. The molecule has 2 heterocycles. The molecule has 2 aliphatic heterocycles. The predicted octanol–water partition coefficient (Wildman–Crippen LogP) is 4.72. The summed E-state index contributed by atoms with van der Waals surface area (Å²) in [6.45, 7) is 10.3. The van der Waals surface area contributed by atoms with Crippen molar-refractivity contribution in [2.75, 3.05) is 13.1 Å². The van der Waals surface area contributed by atoms with Gasteiger partial charge in [-0.05, 0) is 25.0 Å². The van der Waals surface area contributed by atoms with Gasteiger partial charge in [0, 0.05) is 24.9 Å². The standard InChI is InChI=1S/C23H28N2OS/c1-16-5-9-18(10-6-16)13-23(26)20(19-11-7-17(2)8-12-19)27-21-24-14-22(3,4)15-25(21)23/h5-12,20,26H,13-15H2,1-4H3. The maximum Gasteiger partial charge on any atom is 0.162 e. The van der Waals surface area contributed by atoms with E-state index in [9.17, 15) is 5.11 Å². The van der Waals surface area contributed by atoms with Crippen molar-refractivity contribution in [3.63, 3.8) is 0 Å². The maximum absolute atomic E-state index is 12.0. The number of aliphatic hydroxyl groups is 1. The van der Waals surface area contributed by atoms with Gasteiger partial charge in [0.2, 0.25) is 0 Å². The molecule has 2 aromatic rings. The highest BCUT2D eigenvalue weighted by Crippen LogP contribution is 2.52. The Labute approximate surface area is 166 Å². The summed E-state index contributed by atoms with van der Waals surface area (Å²) < 4.78 is 0. The highest BCUT2D eigenvalue weighted by Gasteiger charge is 2.54. The van der Waals surface area contributed by atoms with Crippen LogP contribution in [0.5, 0.6) is 0 Å². The molecule has 0 aliphatic carbocycles. The van der Waals surface area contributed by atoms with Gasteiger partial charge in [-0.1, -0.05) is 85.3 Å². The molecule has 27 heavy (non-hydrogen) atoms. The average Bonchev–Trinajstić information content (AvgIpc) is 2.89. The first-order chi connectivity index (χ1) is 12.8. The van der Waals surface area contributed by atoms with Crippen LogP contribution in [0, 0.1) is 19.3 Å². The van der Waals surface area contributed by atoms with Crippen LogP contribution in [-0.2, 0) is 6.42 Å². The van der Waals surface area contributed by atoms with Crippen LogP contribution < -0.4 is 0 Å². The van der Waals surface area contributed by atoms with Crippen molar-refractivity contribution in [1.29, 1.82) is 0 Å². The van der Waals surface area contributed by atoms with Gasteiger partial charge >= 0.3 is 0 Å².